The summed E-state index contributed by atoms with van der Waals surface area (Å²) in [5.74, 6) is -3.58. The Morgan fingerprint density at radius 3 is 1.71 bits per heavy atom. The Kier molecular flexibility index (Phi) is 8.55. The molecule has 0 saturated carbocycles. The molecular weight excluding hydrogens is 553 g/mol. The number of carbonyl (C=O) groups excluding carboxylic acids is 2. The molecule has 0 bridgehead atoms. The van der Waals surface area contributed by atoms with Gasteiger partial charge >= 0.3 is 24.3 Å². The van der Waals surface area contributed by atoms with Crippen molar-refractivity contribution in [3.8, 4) is 11.5 Å². The Hall–Kier alpha value is -2.71. The molecule has 0 saturated heterocycles. The van der Waals surface area contributed by atoms with Crippen LogP contribution in [-0.2, 0) is 21.8 Å². The van der Waals surface area contributed by atoms with Crippen LogP contribution < -0.4 is 0 Å². The second-order valence-corrected chi connectivity index (χ2v) is 6.73. The molecule has 0 aliphatic heterocycles. The maximum atomic E-state index is 12.5. The summed E-state index contributed by atoms with van der Waals surface area (Å²) < 4.78 is 82.7. The first-order chi connectivity index (χ1) is 14.1. The van der Waals surface area contributed by atoms with E-state index >= 15 is 0 Å². The number of carbonyl (C=O) groups is 2. The Labute approximate surface area is 184 Å². The standard InChI is InChI=1S/C9H6F3IO3.C9H7F3O3/c1-16-8(15)4-2-5(9(10,11)12)7(14)6(13)3-4;1-15-8(14)5-2-3-7(13)6(4-5)9(10,11)12/h2-3,14H,1H3;2-4,13H,1H3. The van der Waals surface area contributed by atoms with E-state index in [0.29, 0.717) is 12.1 Å². The highest BCUT2D eigenvalue weighted by Crippen LogP contribution is 2.39. The summed E-state index contributed by atoms with van der Waals surface area (Å²) in [4.78, 5) is 22.0. The van der Waals surface area contributed by atoms with Crippen molar-refractivity contribution in [3.63, 3.8) is 0 Å². The van der Waals surface area contributed by atoms with Crippen LogP contribution in [0.15, 0.2) is 30.3 Å². The molecule has 2 rings (SSSR count). The molecule has 0 aromatic heterocycles. The minimum absolute atomic E-state index is 0.0622. The third kappa shape index (κ3) is 6.90. The van der Waals surface area contributed by atoms with Gasteiger partial charge in [0, 0.05) is 0 Å². The second-order valence-electron chi connectivity index (χ2n) is 5.56. The van der Waals surface area contributed by atoms with Gasteiger partial charge in [-0.15, -0.1) is 0 Å². The zero-order valence-electron chi connectivity index (χ0n) is 15.6. The molecule has 0 fully saturated rings. The zero-order valence-corrected chi connectivity index (χ0v) is 17.7. The van der Waals surface area contributed by atoms with Crippen LogP contribution in [0.25, 0.3) is 0 Å². The van der Waals surface area contributed by atoms with Crippen molar-refractivity contribution in [2.45, 2.75) is 12.4 Å². The summed E-state index contributed by atoms with van der Waals surface area (Å²) >= 11 is 1.51. The van der Waals surface area contributed by atoms with Crippen molar-refractivity contribution in [1.82, 2.24) is 0 Å². The molecule has 170 valence electrons. The van der Waals surface area contributed by atoms with Crippen LogP contribution in [0.1, 0.15) is 31.8 Å². The highest BCUT2D eigenvalue weighted by Gasteiger charge is 2.36. The molecule has 0 aliphatic carbocycles. The monoisotopic (exact) mass is 566 g/mol. The summed E-state index contributed by atoms with van der Waals surface area (Å²) in [5, 5.41) is 18.2. The normalized spacial score (nSPS) is 11.3. The largest absolute Gasteiger partial charge is 0.507 e. The number of aromatic hydroxyl groups is 2. The van der Waals surface area contributed by atoms with E-state index in [-0.39, 0.29) is 14.7 Å². The third-order valence-corrected chi connectivity index (χ3v) is 4.34. The number of halogens is 7. The fourth-order valence-electron chi connectivity index (χ4n) is 2.06. The van der Waals surface area contributed by atoms with Gasteiger partial charge in [-0.2, -0.15) is 26.3 Å². The number of methoxy groups -OCH3 is 2. The number of alkyl halides is 6. The Morgan fingerprint density at radius 2 is 1.26 bits per heavy atom. The molecule has 2 aromatic carbocycles. The van der Waals surface area contributed by atoms with Crippen LogP contribution in [0.4, 0.5) is 26.3 Å². The van der Waals surface area contributed by atoms with Gasteiger partial charge in [0.2, 0.25) is 0 Å². The fraction of sp³-hybridized carbons (Fsp3) is 0.222. The van der Waals surface area contributed by atoms with Gasteiger partial charge in [-0.3, -0.25) is 0 Å². The van der Waals surface area contributed by atoms with Gasteiger partial charge in [0.1, 0.15) is 11.5 Å². The number of phenolic OH excluding ortho intramolecular Hbond substituents is 2. The van der Waals surface area contributed by atoms with Crippen molar-refractivity contribution >= 4 is 34.5 Å². The van der Waals surface area contributed by atoms with Gasteiger partial charge in [-0.05, 0) is 52.9 Å². The second kappa shape index (κ2) is 10.1. The molecule has 6 nitrogen and oxygen atoms in total. The lowest BCUT2D eigenvalue weighted by Crippen LogP contribution is -2.10. The number of hydrogen-bond donors (Lipinski definition) is 2. The smallest absolute Gasteiger partial charge is 0.420 e. The van der Waals surface area contributed by atoms with E-state index in [1.807, 2.05) is 0 Å². The number of rotatable bonds is 2. The van der Waals surface area contributed by atoms with Crippen LogP contribution in [0.5, 0.6) is 11.5 Å². The van der Waals surface area contributed by atoms with Crippen LogP contribution in [-0.4, -0.2) is 36.4 Å². The van der Waals surface area contributed by atoms with E-state index in [4.69, 9.17) is 5.11 Å². The number of hydrogen-bond acceptors (Lipinski definition) is 6. The first kappa shape index (κ1) is 26.3. The Morgan fingerprint density at radius 1 is 0.806 bits per heavy atom. The number of benzene rings is 2. The average Bonchev–Trinajstić information content (AvgIpc) is 2.67. The van der Waals surface area contributed by atoms with Gasteiger partial charge in [0.05, 0.1) is 40.0 Å². The van der Waals surface area contributed by atoms with Crippen molar-refractivity contribution < 1.29 is 55.6 Å². The van der Waals surface area contributed by atoms with Crippen LogP contribution in [0.3, 0.4) is 0 Å². The summed E-state index contributed by atoms with van der Waals surface area (Å²) in [6.07, 6.45) is -9.41. The molecule has 0 heterocycles. The summed E-state index contributed by atoms with van der Waals surface area (Å²) in [7, 11) is 2.12. The molecule has 0 unspecified atom stereocenters. The molecule has 0 spiro atoms. The topological polar surface area (TPSA) is 93.1 Å². The minimum atomic E-state index is -4.71. The van der Waals surface area contributed by atoms with E-state index in [1.54, 1.807) is 0 Å². The minimum Gasteiger partial charge on any atom is -0.507 e. The molecular formula is C18H13F6IO6. The average molecular weight is 566 g/mol. The van der Waals surface area contributed by atoms with Gasteiger partial charge in [-0.1, -0.05) is 0 Å². The summed E-state index contributed by atoms with van der Waals surface area (Å²) in [6, 6.07) is 4.08. The van der Waals surface area contributed by atoms with Crippen molar-refractivity contribution in [3.05, 3.63) is 56.2 Å². The Bertz CT molecular complexity index is 971. The van der Waals surface area contributed by atoms with Gasteiger partial charge in [-0.25, -0.2) is 9.59 Å². The third-order valence-electron chi connectivity index (χ3n) is 3.51. The van der Waals surface area contributed by atoms with E-state index in [9.17, 15) is 41.0 Å². The molecule has 0 radical (unpaired) electrons. The lowest BCUT2D eigenvalue weighted by atomic mass is 10.1. The Balaban J connectivity index is 0.000000311. The number of esters is 2. The predicted octanol–water partition coefficient (Wildman–Crippen LogP) is 5.00. The van der Waals surface area contributed by atoms with Crippen LogP contribution in [0, 0.1) is 3.57 Å². The maximum absolute atomic E-state index is 12.5. The highest BCUT2D eigenvalue weighted by molar-refractivity contribution is 14.1. The van der Waals surface area contributed by atoms with Crippen molar-refractivity contribution in [1.29, 1.82) is 0 Å². The van der Waals surface area contributed by atoms with E-state index in [2.05, 4.69) is 9.47 Å². The van der Waals surface area contributed by atoms with Crippen LogP contribution in [0.2, 0.25) is 0 Å². The van der Waals surface area contributed by atoms with Crippen molar-refractivity contribution in [2.24, 2.45) is 0 Å². The lowest BCUT2D eigenvalue weighted by Gasteiger charge is -2.11. The molecule has 2 aromatic rings. The zero-order chi connectivity index (χ0) is 24.1. The van der Waals surface area contributed by atoms with E-state index < -0.39 is 46.9 Å². The van der Waals surface area contributed by atoms with E-state index in [1.165, 1.54) is 22.6 Å². The lowest BCUT2D eigenvalue weighted by molar-refractivity contribution is -0.139. The summed E-state index contributed by atoms with van der Waals surface area (Å²) in [5.41, 5.74) is -3.02. The first-order valence-corrected chi connectivity index (χ1v) is 8.87. The van der Waals surface area contributed by atoms with Gasteiger partial charge in [0.15, 0.2) is 0 Å². The molecule has 0 atom stereocenters. The molecule has 13 heteroatoms. The van der Waals surface area contributed by atoms with Crippen LogP contribution >= 0.6 is 22.6 Å². The number of phenols is 2. The number of ether oxygens (including phenoxy) is 2. The highest BCUT2D eigenvalue weighted by atomic mass is 127. The molecule has 0 aliphatic rings. The molecule has 31 heavy (non-hydrogen) atoms. The van der Waals surface area contributed by atoms with E-state index in [0.717, 1.165) is 32.4 Å². The van der Waals surface area contributed by atoms with Crippen molar-refractivity contribution in [2.75, 3.05) is 14.2 Å². The summed E-state index contributed by atoms with van der Waals surface area (Å²) in [6.45, 7) is 0. The van der Waals surface area contributed by atoms with Gasteiger partial charge in [0.25, 0.3) is 0 Å². The maximum Gasteiger partial charge on any atom is 0.420 e. The predicted molar refractivity (Wildman–Crippen MR) is 102 cm³/mol. The molecule has 2 N–H and O–H groups in total. The SMILES string of the molecule is COC(=O)c1cc(I)c(O)c(C(F)(F)F)c1.COC(=O)c1ccc(O)c(C(F)(F)F)c1. The fourth-order valence-corrected chi connectivity index (χ4v) is 2.68. The molecule has 0 amide bonds. The quantitative estimate of drug-likeness (QED) is 0.302. The van der Waals surface area contributed by atoms with Gasteiger partial charge < -0.3 is 19.7 Å². The first-order valence-electron chi connectivity index (χ1n) is 7.80.